The number of hydrogen-bond acceptors (Lipinski definition) is 2. The summed E-state index contributed by atoms with van der Waals surface area (Å²) in [5.41, 5.74) is 4.35. The van der Waals surface area contributed by atoms with E-state index in [1.54, 1.807) is 0 Å². The first kappa shape index (κ1) is 14.6. The van der Waals surface area contributed by atoms with Gasteiger partial charge in [0.2, 0.25) is 0 Å². The van der Waals surface area contributed by atoms with Gasteiger partial charge in [0.15, 0.2) is 0 Å². The predicted octanol–water partition coefficient (Wildman–Crippen LogP) is 5.34. The normalized spacial score (nSPS) is 11.0. The molecule has 0 aliphatic carbocycles. The molecule has 1 aromatic carbocycles. The minimum absolute atomic E-state index is 0.698. The van der Waals surface area contributed by atoms with Gasteiger partial charge in [-0.1, -0.05) is 41.4 Å². The molecule has 4 heteroatoms. The fraction of sp³-hybridized carbons (Fsp3) is 0.400. The van der Waals surface area contributed by atoms with Crippen LogP contribution >= 0.6 is 27.5 Å². The Kier molecular flexibility index (Phi) is 4.69. The fourth-order valence-corrected chi connectivity index (χ4v) is 3.05. The molecule has 0 aliphatic heterocycles. The van der Waals surface area contributed by atoms with Gasteiger partial charge in [-0.15, -0.1) is 0 Å². The number of halogens is 2. The van der Waals surface area contributed by atoms with Crippen LogP contribution in [-0.2, 0) is 6.42 Å². The lowest BCUT2D eigenvalue weighted by Crippen LogP contribution is -2.07. The van der Waals surface area contributed by atoms with Gasteiger partial charge in [-0.25, -0.2) is 0 Å². The van der Waals surface area contributed by atoms with E-state index in [0.717, 1.165) is 40.5 Å². The lowest BCUT2D eigenvalue weighted by atomic mass is 10.0. The highest BCUT2D eigenvalue weighted by molar-refractivity contribution is 9.10. The molecule has 0 amide bonds. The van der Waals surface area contributed by atoms with Gasteiger partial charge in [0.25, 0.3) is 0 Å². The standard InChI is InChI=1S/C15H18BrClN2/c1-4-8-18-14-10(5-2)9(3)19-15-12(17)7-6-11(16)13(14)15/h6-7H,4-5,8H2,1-3H3,(H,18,19). The third-order valence-electron chi connectivity index (χ3n) is 3.25. The lowest BCUT2D eigenvalue weighted by molar-refractivity contribution is 0.968. The molecule has 1 heterocycles. The molecule has 0 saturated heterocycles. The first-order valence-electron chi connectivity index (χ1n) is 6.61. The molecule has 19 heavy (non-hydrogen) atoms. The Labute approximate surface area is 127 Å². The highest BCUT2D eigenvalue weighted by Crippen LogP contribution is 2.37. The Morgan fingerprint density at radius 1 is 1.32 bits per heavy atom. The summed E-state index contributed by atoms with van der Waals surface area (Å²) < 4.78 is 1.03. The van der Waals surface area contributed by atoms with Gasteiger partial charge in [0.05, 0.1) is 10.5 Å². The van der Waals surface area contributed by atoms with Gasteiger partial charge in [0, 0.05) is 27.8 Å². The number of nitrogens with zero attached hydrogens (tertiary/aromatic N) is 1. The third-order valence-corrected chi connectivity index (χ3v) is 4.22. The minimum atomic E-state index is 0.698. The van der Waals surface area contributed by atoms with Gasteiger partial charge in [-0.2, -0.15) is 0 Å². The average Bonchev–Trinajstić information content (AvgIpc) is 2.40. The van der Waals surface area contributed by atoms with E-state index in [-0.39, 0.29) is 0 Å². The first-order valence-corrected chi connectivity index (χ1v) is 7.78. The van der Waals surface area contributed by atoms with E-state index >= 15 is 0 Å². The van der Waals surface area contributed by atoms with Crippen molar-refractivity contribution in [2.75, 3.05) is 11.9 Å². The molecule has 102 valence electrons. The summed E-state index contributed by atoms with van der Waals surface area (Å²) in [6, 6.07) is 3.87. The highest BCUT2D eigenvalue weighted by Gasteiger charge is 2.15. The fourth-order valence-electron chi connectivity index (χ4n) is 2.33. The Morgan fingerprint density at radius 3 is 2.68 bits per heavy atom. The Morgan fingerprint density at radius 2 is 2.05 bits per heavy atom. The zero-order valence-corrected chi connectivity index (χ0v) is 13.8. The molecule has 1 aromatic heterocycles. The second kappa shape index (κ2) is 6.10. The largest absolute Gasteiger partial charge is 0.384 e. The monoisotopic (exact) mass is 340 g/mol. The summed E-state index contributed by atoms with van der Waals surface area (Å²) in [6.07, 6.45) is 2.05. The molecule has 0 spiro atoms. The molecule has 2 nitrogen and oxygen atoms in total. The zero-order valence-electron chi connectivity index (χ0n) is 11.5. The number of pyridine rings is 1. The number of anilines is 1. The first-order chi connectivity index (χ1) is 9.10. The minimum Gasteiger partial charge on any atom is -0.384 e. The van der Waals surface area contributed by atoms with Gasteiger partial charge in [0.1, 0.15) is 0 Å². The molecule has 0 atom stereocenters. The van der Waals surface area contributed by atoms with E-state index in [1.165, 1.54) is 11.3 Å². The summed E-state index contributed by atoms with van der Waals surface area (Å²) >= 11 is 9.91. The summed E-state index contributed by atoms with van der Waals surface area (Å²) in [7, 11) is 0. The molecule has 0 aliphatic rings. The molecule has 0 fully saturated rings. The second-order valence-corrected chi connectivity index (χ2v) is 5.85. The summed E-state index contributed by atoms with van der Waals surface area (Å²) in [5, 5.41) is 5.32. The topological polar surface area (TPSA) is 24.9 Å². The van der Waals surface area contributed by atoms with Gasteiger partial charge in [-0.05, 0) is 37.5 Å². The van der Waals surface area contributed by atoms with Crippen molar-refractivity contribution in [1.29, 1.82) is 0 Å². The number of fused-ring (bicyclic) bond motifs is 1. The lowest BCUT2D eigenvalue weighted by Gasteiger charge is -2.17. The Balaban J connectivity index is 2.80. The van der Waals surface area contributed by atoms with Crippen molar-refractivity contribution >= 4 is 44.1 Å². The number of aryl methyl sites for hydroxylation is 1. The van der Waals surface area contributed by atoms with Crippen LogP contribution in [0.3, 0.4) is 0 Å². The van der Waals surface area contributed by atoms with Crippen molar-refractivity contribution < 1.29 is 0 Å². The number of hydrogen-bond donors (Lipinski definition) is 1. The molecule has 1 N–H and O–H groups in total. The van der Waals surface area contributed by atoms with E-state index in [0.29, 0.717) is 5.02 Å². The number of aromatic nitrogens is 1. The second-order valence-electron chi connectivity index (χ2n) is 4.58. The number of benzene rings is 1. The van der Waals surface area contributed by atoms with Crippen molar-refractivity contribution in [3.8, 4) is 0 Å². The molecule has 0 saturated carbocycles. The Hall–Kier alpha value is -0.800. The molecule has 0 unspecified atom stereocenters. The Bertz CT molecular complexity index is 611. The van der Waals surface area contributed by atoms with Crippen LogP contribution in [0.5, 0.6) is 0 Å². The van der Waals surface area contributed by atoms with Crippen LogP contribution in [0.15, 0.2) is 16.6 Å². The van der Waals surface area contributed by atoms with Crippen LogP contribution in [0.4, 0.5) is 5.69 Å². The van der Waals surface area contributed by atoms with E-state index in [9.17, 15) is 0 Å². The van der Waals surface area contributed by atoms with Crippen LogP contribution in [0, 0.1) is 6.92 Å². The maximum absolute atomic E-state index is 6.29. The summed E-state index contributed by atoms with van der Waals surface area (Å²) in [6.45, 7) is 7.32. The van der Waals surface area contributed by atoms with E-state index < -0.39 is 0 Å². The third kappa shape index (κ3) is 2.72. The van der Waals surface area contributed by atoms with Crippen molar-refractivity contribution in [3.63, 3.8) is 0 Å². The van der Waals surface area contributed by atoms with Crippen LogP contribution in [0.2, 0.25) is 5.02 Å². The number of nitrogens with one attached hydrogen (secondary N) is 1. The van der Waals surface area contributed by atoms with Crippen molar-refractivity contribution in [3.05, 3.63) is 32.9 Å². The van der Waals surface area contributed by atoms with Crippen molar-refractivity contribution in [2.24, 2.45) is 0 Å². The van der Waals surface area contributed by atoms with E-state index in [4.69, 9.17) is 11.6 Å². The molecular formula is C15H18BrClN2. The highest BCUT2D eigenvalue weighted by atomic mass is 79.9. The molecule has 0 radical (unpaired) electrons. The quantitative estimate of drug-likeness (QED) is 0.811. The van der Waals surface area contributed by atoms with Crippen LogP contribution < -0.4 is 5.32 Å². The summed E-state index contributed by atoms with van der Waals surface area (Å²) in [4.78, 5) is 4.67. The van der Waals surface area contributed by atoms with E-state index in [2.05, 4.69) is 40.1 Å². The maximum Gasteiger partial charge on any atom is 0.0923 e. The number of rotatable bonds is 4. The zero-order chi connectivity index (χ0) is 14.0. The molecular weight excluding hydrogens is 324 g/mol. The predicted molar refractivity (Wildman–Crippen MR) is 87.3 cm³/mol. The smallest absolute Gasteiger partial charge is 0.0923 e. The van der Waals surface area contributed by atoms with Crippen molar-refractivity contribution in [2.45, 2.75) is 33.6 Å². The van der Waals surface area contributed by atoms with Crippen LogP contribution in [0.1, 0.15) is 31.5 Å². The van der Waals surface area contributed by atoms with Gasteiger partial charge < -0.3 is 5.32 Å². The van der Waals surface area contributed by atoms with Gasteiger partial charge in [-0.3, -0.25) is 4.98 Å². The van der Waals surface area contributed by atoms with E-state index in [1.807, 2.05) is 19.1 Å². The maximum atomic E-state index is 6.29. The van der Waals surface area contributed by atoms with Crippen LogP contribution in [0.25, 0.3) is 10.9 Å². The molecule has 0 bridgehead atoms. The van der Waals surface area contributed by atoms with Crippen molar-refractivity contribution in [1.82, 2.24) is 4.98 Å². The SMILES string of the molecule is CCCNc1c(CC)c(C)nc2c(Cl)ccc(Br)c12. The molecule has 2 aromatic rings. The summed E-state index contributed by atoms with van der Waals surface area (Å²) in [5.74, 6) is 0. The molecule has 2 rings (SSSR count). The van der Waals surface area contributed by atoms with Crippen LogP contribution in [-0.4, -0.2) is 11.5 Å². The van der Waals surface area contributed by atoms with Gasteiger partial charge >= 0.3 is 0 Å². The average molecular weight is 342 g/mol.